The van der Waals surface area contributed by atoms with E-state index >= 15 is 0 Å². The Morgan fingerprint density at radius 2 is 1.83 bits per heavy atom. The van der Waals surface area contributed by atoms with E-state index in [4.69, 9.17) is 0 Å². The van der Waals surface area contributed by atoms with Crippen LogP contribution >= 0.6 is 0 Å². The number of fused-ring (bicyclic) bond motifs is 1. The number of nitrogens with one attached hydrogen (secondary N) is 2. The lowest BCUT2D eigenvalue weighted by Crippen LogP contribution is -2.40. The number of pyridine rings is 1. The van der Waals surface area contributed by atoms with E-state index in [1.807, 2.05) is 31.2 Å². The van der Waals surface area contributed by atoms with Crippen molar-refractivity contribution >= 4 is 26.6 Å². The first-order chi connectivity index (χ1) is 13.8. The molecule has 0 unspecified atom stereocenters. The Labute approximate surface area is 171 Å². The van der Waals surface area contributed by atoms with Crippen LogP contribution in [0, 0.1) is 0 Å². The zero-order chi connectivity index (χ0) is 20.9. The molecule has 0 saturated carbocycles. The van der Waals surface area contributed by atoms with Gasteiger partial charge in [-0.3, -0.25) is 9.78 Å². The number of aromatic nitrogens is 1. The van der Waals surface area contributed by atoms with Crippen molar-refractivity contribution in [3.8, 4) is 0 Å². The highest BCUT2D eigenvalue weighted by molar-refractivity contribution is 7.89. The summed E-state index contributed by atoms with van der Waals surface area (Å²) in [4.78, 5) is 15.6. The summed E-state index contributed by atoms with van der Waals surface area (Å²) in [5.74, 6) is 0.0545. The van der Waals surface area contributed by atoms with Gasteiger partial charge in [-0.25, -0.2) is 13.1 Å². The second kappa shape index (κ2) is 9.26. The lowest BCUT2D eigenvalue weighted by atomic mass is 10.1. The average molecular weight is 412 g/mol. The molecule has 1 atom stereocenters. The number of hydrogen-bond donors (Lipinski definition) is 2. The van der Waals surface area contributed by atoms with Crippen molar-refractivity contribution in [2.24, 2.45) is 0 Å². The zero-order valence-electron chi connectivity index (χ0n) is 16.6. The van der Waals surface area contributed by atoms with Gasteiger partial charge in [-0.2, -0.15) is 0 Å². The van der Waals surface area contributed by atoms with Crippen LogP contribution in [0.15, 0.2) is 65.8 Å². The fourth-order valence-electron chi connectivity index (χ4n) is 3.06. The summed E-state index contributed by atoms with van der Waals surface area (Å²) >= 11 is 0. The SMILES string of the molecule is CC(=O)c1ccc(CCNC[C@@H](C)NS(=O)(=O)c2ccc3cnccc3c2)cc1. The number of rotatable bonds is 9. The van der Waals surface area contributed by atoms with Crippen LogP contribution in [0.2, 0.25) is 0 Å². The van der Waals surface area contributed by atoms with Gasteiger partial charge in [0.2, 0.25) is 10.0 Å². The van der Waals surface area contributed by atoms with Gasteiger partial charge in [0, 0.05) is 35.9 Å². The summed E-state index contributed by atoms with van der Waals surface area (Å²) in [6.45, 7) is 4.61. The Morgan fingerprint density at radius 1 is 1.07 bits per heavy atom. The molecular weight excluding hydrogens is 386 g/mol. The van der Waals surface area contributed by atoms with Crippen LogP contribution in [0.4, 0.5) is 0 Å². The number of nitrogens with zero attached hydrogens (tertiary/aromatic N) is 1. The fourth-order valence-corrected chi connectivity index (χ4v) is 4.34. The highest BCUT2D eigenvalue weighted by Gasteiger charge is 2.17. The first kappa shape index (κ1) is 21.1. The van der Waals surface area contributed by atoms with E-state index in [-0.39, 0.29) is 16.7 Å². The lowest BCUT2D eigenvalue weighted by Gasteiger charge is -2.15. The van der Waals surface area contributed by atoms with Crippen LogP contribution in [0.3, 0.4) is 0 Å². The first-order valence-electron chi connectivity index (χ1n) is 9.52. The Balaban J connectivity index is 1.50. The maximum absolute atomic E-state index is 12.6. The zero-order valence-corrected chi connectivity index (χ0v) is 17.4. The minimum atomic E-state index is -3.60. The number of Topliss-reactive ketones (excluding diaryl/α,β-unsaturated/α-hetero) is 1. The van der Waals surface area contributed by atoms with Crippen LogP contribution in [0.5, 0.6) is 0 Å². The Bertz CT molecular complexity index is 1100. The minimum Gasteiger partial charge on any atom is -0.315 e. The molecule has 1 aromatic heterocycles. The minimum absolute atomic E-state index is 0.0545. The second-order valence-electron chi connectivity index (χ2n) is 7.11. The van der Waals surface area contributed by atoms with Crippen LogP contribution in [0.25, 0.3) is 10.8 Å². The van der Waals surface area contributed by atoms with Crippen LogP contribution in [-0.4, -0.2) is 38.3 Å². The van der Waals surface area contributed by atoms with Gasteiger partial charge in [-0.05, 0) is 56.0 Å². The molecule has 0 bridgehead atoms. The average Bonchev–Trinajstić information content (AvgIpc) is 2.71. The molecule has 3 rings (SSSR count). The summed E-state index contributed by atoms with van der Waals surface area (Å²) in [6, 6.07) is 14.1. The number of carbonyl (C=O) groups is 1. The molecular formula is C22H25N3O3S. The van der Waals surface area contributed by atoms with Crippen LogP contribution in [-0.2, 0) is 16.4 Å². The molecule has 1 heterocycles. The van der Waals surface area contributed by atoms with Crippen LogP contribution in [0.1, 0.15) is 29.8 Å². The molecule has 0 saturated heterocycles. The first-order valence-corrected chi connectivity index (χ1v) is 11.0. The summed E-state index contributed by atoms with van der Waals surface area (Å²) < 4.78 is 28.0. The second-order valence-corrected chi connectivity index (χ2v) is 8.83. The monoisotopic (exact) mass is 411 g/mol. The lowest BCUT2D eigenvalue weighted by molar-refractivity contribution is 0.101. The molecule has 3 aromatic rings. The molecule has 152 valence electrons. The van der Waals surface area contributed by atoms with E-state index in [9.17, 15) is 13.2 Å². The summed E-state index contributed by atoms with van der Waals surface area (Å²) in [7, 11) is -3.60. The van der Waals surface area contributed by atoms with Crippen molar-refractivity contribution in [1.82, 2.24) is 15.0 Å². The maximum Gasteiger partial charge on any atom is 0.240 e. The summed E-state index contributed by atoms with van der Waals surface area (Å²) in [5.41, 5.74) is 1.83. The molecule has 0 spiro atoms. The number of carbonyl (C=O) groups excluding carboxylic acids is 1. The van der Waals surface area contributed by atoms with Crippen molar-refractivity contribution in [3.05, 3.63) is 72.1 Å². The van der Waals surface area contributed by atoms with Crippen LogP contribution < -0.4 is 10.0 Å². The maximum atomic E-state index is 12.6. The molecule has 2 aromatic carbocycles. The highest BCUT2D eigenvalue weighted by Crippen LogP contribution is 2.18. The fraction of sp³-hybridized carbons (Fsp3) is 0.273. The van der Waals surface area contributed by atoms with Gasteiger partial charge in [0.25, 0.3) is 0 Å². The van der Waals surface area contributed by atoms with Gasteiger partial charge in [0.15, 0.2) is 5.78 Å². The number of sulfonamides is 1. The van der Waals surface area contributed by atoms with Gasteiger partial charge in [-0.15, -0.1) is 0 Å². The van der Waals surface area contributed by atoms with Gasteiger partial charge >= 0.3 is 0 Å². The third-order valence-electron chi connectivity index (χ3n) is 4.68. The summed E-state index contributed by atoms with van der Waals surface area (Å²) in [6.07, 6.45) is 4.15. The molecule has 29 heavy (non-hydrogen) atoms. The smallest absolute Gasteiger partial charge is 0.240 e. The van der Waals surface area contributed by atoms with E-state index in [2.05, 4.69) is 15.0 Å². The van der Waals surface area contributed by atoms with Gasteiger partial charge in [0.1, 0.15) is 0 Å². The standard InChI is InChI=1S/C22H25N3O3S/c1-16(14-23-11-9-18-3-5-19(6-4-18)17(2)26)25-29(27,28)22-8-7-21-15-24-12-10-20(21)13-22/h3-8,10,12-13,15-16,23,25H,9,11,14H2,1-2H3/t16-/m1/s1. The predicted octanol–water partition coefficient (Wildman–Crippen LogP) is 2.94. The normalized spacial score (nSPS) is 12.8. The van der Waals surface area contributed by atoms with E-state index in [0.29, 0.717) is 18.7 Å². The molecule has 0 amide bonds. The van der Waals surface area contributed by atoms with Crippen molar-refractivity contribution in [3.63, 3.8) is 0 Å². The quantitative estimate of drug-likeness (QED) is 0.418. The molecule has 7 heteroatoms. The Morgan fingerprint density at radius 3 is 2.55 bits per heavy atom. The van der Waals surface area contributed by atoms with E-state index in [1.165, 1.54) is 0 Å². The van der Waals surface area contributed by atoms with E-state index < -0.39 is 10.0 Å². The molecule has 0 aliphatic heterocycles. The summed E-state index contributed by atoms with van der Waals surface area (Å²) in [5, 5.41) is 5.01. The largest absolute Gasteiger partial charge is 0.315 e. The molecule has 0 radical (unpaired) electrons. The number of ketones is 1. The molecule has 6 nitrogen and oxygen atoms in total. The Kier molecular flexibility index (Phi) is 6.74. The predicted molar refractivity (Wildman–Crippen MR) is 115 cm³/mol. The van der Waals surface area contributed by atoms with E-state index in [0.717, 1.165) is 22.8 Å². The highest BCUT2D eigenvalue weighted by atomic mass is 32.2. The molecule has 2 N–H and O–H groups in total. The topological polar surface area (TPSA) is 88.2 Å². The van der Waals surface area contributed by atoms with Gasteiger partial charge in [-0.1, -0.05) is 30.3 Å². The third kappa shape index (κ3) is 5.69. The third-order valence-corrected chi connectivity index (χ3v) is 6.27. The molecule has 0 aliphatic carbocycles. The van der Waals surface area contributed by atoms with Crippen molar-refractivity contribution < 1.29 is 13.2 Å². The number of hydrogen-bond acceptors (Lipinski definition) is 5. The number of benzene rings is 2. The molecule has 0 fully saturated rings. The Hall–Kier alpha value is -2.61. The molecule has 0 aliphatic rings. The van der Waals surface area contributed by atoms with Gasteiger partial charge in [0.05, 0.1) is 4.90 Å². The van der Waals surface area contributed by atoms with Gasteiger partial charge < -0.3 is 5.32 Å². The van der Waals surface area contributed by atoms with Crippen molar-refractivity contribution in [2.75, 3.05) is 13.1 Å². The van der Waals surface area contributed by atoms with E-state index in [1.54, 1.807) is 43.6 Å². The van der Waals surface area contributed by atoms with Crippen molar-refractivity contribution in [2.45, 2.75) is 31.2 Å². The van der Waals surface area contributed by atoms with Crippen molar-refractivity contribution in [1.29, 1.82) is 0 Å².